The maximum absolute atomic E-state index is 11.9. The molecule has 32 heavy (non-hydrogen) atoms. The number of hydrogen-bond donors (Lipinski definition) is 2. The molecule has 0 radical (unpaired) electrons. The van der Waals surface area contributed by atoms with Crippen molar-refractivity contribution < 1.29 is 4.79 Å². The van der Waals surface area contributed by atoms with Crippen LogP contribution in [0, 0.1) is 0 Å². The highest BCUT2D eigenvalue weighted by atomic mass is 16.2. The van der Waals surface area contributed by atoms with Crippen molar-refractivity contribution in [2.75, 3.05) is 58.9 Å². The van der Waals surface area contributed by atoms with E-state index in [-0.39, 0.29) is 5.91 Å². The fourth-order valence-corrected chi connectivity index (χ4v) is 4.49. The smallest absolute Gasteiger partial charge is 0.222 e. The van der Waals surface area contributed by atoms with Gasteiger partial charge in [-0.2, -0.15) is 0 Å². The highest BCUT2D eigenvalue weighted by molar-refractivity contribution is 5.80. The van der Waals surface area contributed by atoms with Gasteiger partial charge in [-0.3, -0.25) is 14.7 Å². The molecule has 0 aromatic heterocycles. The maximum atomic E-state index is 11.9. The van der Waals surface area contributed by atoms with E-state index in [4.69, 9.17) is 4.99 Å². The van der Waals surface area contributed by atoms with Crippen molar-refractivity contribution in [2.24, 2.45) is 4.99 Å². The summed E-state index contributed by atoms with van der Waals surface area (Å²) in [5.41, 5.74) is 1.41. The van der Waals surface area contributed by atoms with Gasteiger partial charge in [-0.15, -0.1) is 0 Å². The molecule has 3 rings (SSSR count). The normalized spacial score (nSPS) is 20.5. The van der Waals surface area contributed by atoms with Crippen molar-refractivity contribution in [3.05, 3.63) is 35.9 Å². The molecular weight excluding hydrogens is 400 g/mol. The first-order valence-corrected chi connectivity index (χ1v) is 12.5. The number of guanidine groups is 1. The Morgan fingerprint density at radius 2 is 1.78 bits per heavy atom. The van der Waals surface area contributed by atoms with Gasteiger partial charge in [-0.25, -0.2) is 0 Å². The molecule has 0 bridgehead atoms. The van der Waals surface area contributed by atoms with Crippen LogP contribution in [-0.2, 0) is 11.3 Å². The number of hydrogen-bond acceptors (Lipinski definition) is 4. The third kappa shape index (κ3) is 8.10. The molecule has 1 atom stereocenters. The lowest BCUT2D eigenvalue weighted by molar-refractivity contribution is -0.129. The van der Waals surface area contributed by atoms with E-state index in [0.717, 1.165) is 84.2 Å². The van der Waals surface area contributed by atoms with Crippen LogP contribution in [0.1, 0.15) is 45.1 Å². The molecule has 1 unspecified atom stereocenters. The third-order valence-corrected chi connectivity index (χ3v) is 6.39. The average molecular weight is 443 g/mol. The molecule has 2 aliphatic rings. The zero-order valence-electron chi connectivity index (χ0n) is 20.1. The van der Waals surface area contributed by atoms with Crippen molar-refractivity contribution in [1.82, 2.24) is 25.3 Å². The van der Waals surface area contributed by atoms with Crippen LogP contribution in [0.15, 0.2) is 35.3 Å². The lowest BCUT2D eigenvalue weighted by Gasteiger charge is -2.34. The van der Waals surface area contributed by atoms with E-state index in [0.29, 0.717) is 12.5 Å². The van der Waals surface area contributed by atoms with Crippen molar-refractivity contribution >= 4 is 11.9 Å². The standard InChI is InChI=1S/C25H42N6O/c1-3-24(32)31-15-12-23(21-31)28-25(26-4-2)27-13-8-9-14-29-16-18-30(19-17-29)20-22-10-6-5-7-11-22/h5-7,10-11,23H,3-4,8-9,12-21H2,1-2H3,(H2,26,27,28). The van der Waals surface area contributed by atoms with Crippen LogP contribution in [0.2, 0.25) is 0 Å². The van der Waals surface area contributed by atoms with Crippen molar-refractivity contribution in [3.8, 4) is 0 Å². The number of unbranched alkanes of at least 4 members (excludes halogenated alkanes) is 1. The zero-order valence-corrected chi connectivity index (χ0v) is 20.1. The Morgan fingerprint density at radius 3 is 2.50 bits per heavy atom. The molecule has 1 aromatic rings. The van der Waals surface area contributed by atoms with Gasteiger partial charge >= 0.3 is 0 Å². The summed E-state index contributed by atoms with van der Waals surface area (Å²) in [5, 5.41) is 6.87. The Labute approximate surface area is 194 Å². The first kappa shape index (κ1) is 24.5. The van der Waals surface area contributed by atoms with Gasteiger partial charge in [0.15, 0.2) is 5.96 Å². The SMILES string of the molecule is CCNC(=NCCCCN1CCN(Cc2ccccc2)CC1)NC1CCN(C(=O)CC)C1. The molecule has 0 spiro atoms. The Morgan fingerprint density at radius 1 is 1.03 bits per heavy atom. The summed E-state index contributed by atoms with van der Waals surface area (Å²) in [7, 11) is 0. The predicted octanol–water partition coefficient (Wildman–Crippen LogP) is 2.15. The van der Waals surface area contributed by atoms with Gasteiger partial charge in [-0.1, -0.05) is 37.3 Å². The molecule has 7 heteroatoms. The highest BCUT2D eigenvalue weighted by Gasteiger charge is 2.25. The van der Waals surface area contributed by atoms with Gasteiger partial charge in [0.1, 0.15) is 0 Å². The molecule has 0 aliphatic carbocycles. The van der Waals surface area contributed by atoms with E-state index in [1.165, 1.54) is 12.0 Å². The number of carbonyl (C=O) groups is 1. The van der Waals surface area contributed by atoms with Gasteiger partial charge in [0.05, 0.1) is 0 Å². The third-order valence-electron chi connectivity index (χ3n) is 6.39. The minimum atomic E-state index is 0.247. The molecule has 2 heterocycles. The topological polar surface area (TPSA) is 63.2 Å². The lowest BCUT2D eigenvalue weighted by Crippen LogP contribution is -2.46. The van der Waals surface area contributed by atoms with Gasteiger partial charge in [0, 0.05) is 71.4 Å². The number of likely N-dealkylation sites (tertiary alicyclic amines) is 1. The summed E-state index contributed by atoms with van der Waals surface area (Å²) in [6, 6.07) is 11.1. The largest absolute Gasteiger partial charge is 0.357 e. The fraction of sp³-hybridized carbons (Fsp3) is 0.680. The van der Waals surface area contributed by atoms with E-state index >= 15 is 0 Å². The van der Waals surface area contributed by atoms with E-state index < -0.39 is 0 Å². The molecule has 178 valence electrons. The Balaban J connectivity index is 1.30. The van der Waals surface area contributed by atoms with Crippen LogP contribution < -0.4 is 10.6 Å². The number of nitrogens with zero attached hydrogens (tertiary/aromatic N) is 4. The number of rotatable bonds is 10. The first-order chi connectivity index (χ1) is 15.7. The number of amides is 1. The van der Waals surface area contributed by atoms with Gasteiger partial charge in [0.2, 0.25) is 5.91 Å². The maximum Gasteiger partial charge on any atom is 0.222 e. The van der Waals surface area contributed by atoms with Crippen molar-refractivity contribution in [3.63, 3.8) is 0 Å². The quantitative estimate of drug-likeness (QED) is 0.330. The van der Waals surface area contributed by atoms with Gasteiger partial charge in [0.25, 0.3) is 0 Å². The molecule has 2 saturated heterocycles. The van der Waals surface area contributed by atoms with Crippen LogP contribution in [0.5, 0.6) is 0 Å². The predicted molar refractivity (Wildman–Crippen MR) is 132 cm³/mol. The van der Waals surface area contributed by atoms with E-state index in [1.54, 1.807) is 0 Å². The lowest BCUT2D eigenvalue weighted by atomic mass is 10.2. The van der Waals surface area contributed by atoms with Crippen LogP contribution in [0.3, 0.4) is 0 Å². The molecule has 0 saturated carbocycles. The Hall–Kier alpha value is -2.12. The van der Waals surface area contributed by atoms with Gasteiger partial charge < -0.3 is 20.4 Å². The summed E-state index contributed by atoms with van der Waals surface area (Å²) in [6.45, 7) is 14.2. The van der Waals surface area contributed by atoms with Crippen LogP contribution in [0.4, 0.5) is 0 Å². The minimum absolute atomic E-state index is 0.247. The molecule has 2 fully saturated rings. The molecule has 1 aromatic carbocycles. The molecular formula is C25H42N6O. The number of aliphatic imine (C=N–C) groups is 1. The number of benzene rings is 1. The zero-order chi connectivity index (χ0) is 22.6. The first-order valence-electron chi connectivity index (χ1n) is 12.5. The second-order valence-electron chi connectivity index (χ2n) is 8.89. The van der Waals surface area contributed by atoms with E-state index in [1.807, 2.05) is 11.8 Å². The van der Waals surface area contributed by atoms with Crippen molar-refractivity contribution in [2.45, 2.75) is 52.1 Å². The molecule has 2 aliphatic heterocycles. The number of piperazine rings is 1. The van der Waals surface area contributed by atoms with Crippen molar-refractivity contribution in [1.29, 1.82) is 0 Å². The Bertz CT molecular complexity index is 702. The summed E-state index contributed by atoms with van der Waals surface area (Å²) in [5.74, 6) is 1.13. The minimum Gasteiger partial charge on any atom is -0.357 e. The van der Waals surface area contributed by atoms with Gasteiger partial charge in [-0.05, 0) is 38.3 Å². The molecule has 1 amide bonds. The summed E-state index contributed by atoms with van der Waals surface area (Å²) in [4.78, 5) is 23.8. The van der Waals surface area contributed by atoms with E-state index in [2.05, 4.69) is 57.7 Å². The summed E-state index contributed by atoms with van der Waals surface area (Å²) >= 11 is 0. The number of carbonyl (C=O) groups excluding carboxylic acids is 1. The Kier molecular flexibility index (Phi) is 10.3. The second-order valence-corrected chi connectivity index (χ2v) is 8.89. The number of nitrogens with one attached hydrogen (secondary N) is 2. The average Bonchev–Trinajstić information content (AvgIpc) is 3.29. The second kappa shape index (κ2) is 13.4. The highest BCUT2D eigenvalue weighted by Crippen LogP contribution is 2.11. The van der Waals surface area contributed by atoms with Crippen LogP contribution in [-0.4, -0.2) is 91.5 Å². The van der Waals surface area contributed by atoms with Crippen LogP contribution in [0.25, 0.3) is 0 Å². The molecule has 2 N–H and O–H groups in total. The summed E-state index contributed by atoms with van der Waals surface area (Å²) in [6.07, 6.45) is 3.87. The van der Waals surface area contributed by atoms with E-state index in [9.17, 15) is 4.79 Å². The van der Waals surface area contributed by atoms with Crippen LogP contribution >= 0.6 is 0 Å². The fourth-order valence-electron chi connectivity index (χ4n) is 4.49. The monoisotopic (exact) mass is 442 g/mol. The summed E-state index contributed by atoms with van der Waals surface area (Å²) < 4.78 is 0. The molecule has 7 nitrogen and oxygen atoms in total.